The zero-order valence-electron chi connectivity index (χ0n) is 10.2. The Morgan fingerprint density at radius 1 is 1.59 bits per heavy atom. The lowest BCUT2D eigenvalue weighted by molar-refractivity contribution is 0.0937. The first-order valence-corrected chi connectivity index (χ1v) is 6.06. The van der Waals surface area contributed by atoms with Crippen LogP contribution in [0.5, 0.6) is 0 Å². The maximum atomic E-state index is 11.6. The molecule has 1 amide bonds. The second-order valence-corrected chi connectivity index (χ2v) is 4.45. The van der Waals surface area contributed by atoms with Crippen molar-refractivity contribution in [3.8, 4) is 0 Å². The summed E-state index contributed by atoms with van der Waals surface area (Å²) in [7, 11) is 0. The molecular formula is C11H18N4O2. The van der Waals surface area contributed by atoms with E-state index in [4.69, 9.17) is 4.52 Å². The molecule has 0 spiro atoms. The SMILES string of the molecule is CCC(C)NCc1nc(C(=O)NC2CC2)no1. The summed E-state index contributed by atoms with van der Waals surface area (Å²) >= 11 is 0. The van der Waals surface area contributed by atoms with E-state index in [1.165, 1.54) is 0 Å². The first-order chi connectivity index (χ1) is 8.19. The molecule has 0 radical (unpaired) electrons. The van der Waals surface area contributed by atoms with Gasteiger partial charge in [-0.1, -0.05) is 12.1 Å². The summed E-state index contributed by atoms with van der Waals surface area (Å²) in [4.78, 5) is 15.6. The summed E-state index contributed by atoms with van der Waals surface area (Å²) in [6.07, 6.45) is 3.13. The summed E-state index contributed by atoms with van der Waals surface area (Å²) in [5.74, 6) is 0.329. The molecule has 1 unspecified atom stereocenters. The lowest BCUT2D eigenvalue weighted by Gasteiger charge is -2.07. The molecule has 0 bridgehead atoms. The second kappa shape index (κ2) is 5.27. The van der Waals surface area contributed by atoms with Crippen LogP contribution in [-0.2, 0) is 6.54 Å². The van der Waals surface area contributed by atoms with Crippen LogP contribution in [0, 0.1) is 0 Å². The van der Waals surface area contributed by atoms with Crippen LogP contribution in [0.4, 0.5) is 0 Å². The van der Waals surface area contributed by atoms with E-state index >= 15 is 0 Å². The van der Waals surface area contributed by atoms with Crippen molar-refractivity contribution in [2.24, 2.45) is 0 Å². The van der Waals surface area contributed by atoms with Crippen LogP contribution in [0.25, 0.3) is 0 Å². The van der Waals surface area contributed by atoms with Gasteiger partial charge >= 0.3 is 0 Å². The molecule has 0 aliphatic heterocycles. The third kappa shape index (κ3) is 3.52. The smallest absolute Gasteiger partial charge is 0.292 e. The Morgan fingerprint density at radius 3 is 3.00 bits per heavy atom. The molecule has 6 heteroatoms. The molecule has 6 nitrogen and oxygen atoms in total. The van der Waals surface area contributed by atoms with Gasteiger partial charge in [0.15, 0.2) is 0 Å². The summed E-state index contributed by atoms with van der Waals surface area (Å²) in [5.41, 5.74) is 0. The van der Waals surface area contributed by atoms with Crippen LogP contribution in [0.3, 0.4) is 0 Å². The van der Waals surface area contributed by atoms with Crippen LogP contribution in [0.2, 0.25) is 0 Å². The minimum absolute atomic E-state index is 0.123. The Kier molecular flexibility index (Phi) is 3.73. The third-order valence-corrected chi connectivity index (χ3v) is 2.80. The number of hydrogen-bond acceptors (Lipinski definition) is 5. The number of nitrogens with one attached hydrogen (secondary N) is 2. The molecule has 1 aliphatic carbocycles. The van der Waals surface area contributed by atoms with Crippen LogP contribution >= 0.6 is 0 Å². The zero-order valence-corrected chi connectivity index (χ0v) is 10.2. The Hall–Kier alpha value is -1.43. The first kappa shape index (κ1) is 12.0. The fourth-order valence-electron chi connectivity index (χ4n) is 1.30. The van der Waals surface area contributed by atoms with Gasteiger partial charge in [-0.15, -0.1) is 0 Å². The molecule has 2 rings (SSSR count). The Labute approximate surface area is 100 Å². The molecule has 2 N–H and O–H groups in total. The highest BCUT2D eigenvalue weighted by atomic mass is 16.5. The highest BCUT2D eigenvalue weighted by Crippen LogP contribution is 2.18. The van der Waals surface area contributed by atoms with Gasteiger partial charge in [0.25, 0.3) is 11.7 Å². The minimum atomic E-state index is -0.244. The monoisotopic (exact) mass is 238 g/mol. The van der Waals surface area contributed by atoms with Crippen molar-refractivity contribution >= 4 is 5.91 Å². The average Bonchev–Trinajstić information content (AvgIpc) is 3.01. The fraction of sp³-hybridized carbons (Fsp3) is 0.727. The van der Waals surface area contributed by atoms with Crippen molar-refractivity contribution in [1.29, 1.82) is 0 Å². The summed E-state index contributed by atoms with van der Waals surface area (Å²) < 4.78 is 5.00. The molecule has 0 aromatic carbocycles. The fourth-order valence-corrected chi connectivity index (χ4v) is 1.30. The summed E-state index contributed by atoms with van der Waals surface area (Å²) in [6, 6.07) is 0.702. The summed E-state index contributed by atoms with van der Waals surface area (Å²) in [6.45, 7) is 4.68. The number of nitrogens with zero attached hydrogens (tertiary/aromatic N) is 2. The molecule has 17 heavy (non-hydrogen) atoms. The Balaban J connectivity index is 1.84. The van der Waals surface area contributed by atoms with Crippen molar-refractivity contribution in [1.82, 2.24) is 20.8 Å². The molecule has 0 saturated heterocycles. The van der Waals surface area contributed by atoms with Crippen LogP contribution in [-0.4, -0.2) is 28.1 Å². The highest BCUT2D eigenvalue weighted by molar-refractivity contribution is 5.90. The maximum absolute atomic E-state index is 11.6. The van der Waals surface area contributed by atoms with Gasteiger partial charge in [-0.3, -0.25) is 4.79 Å². The van der Waals surface area contributed by atoms with Crippen molar-refractivity contribution in [2.75, 3.05) is 0 Å². The normalized spacial score (nSPS) is 16.8. The molecule has 1 aromatic rings. The standard InChI is InChI=1S/C11H18N4O2/c1-3-7(2)12-6-9-14-10(15-17-9)11(16)13-8-4-5-8/h7-8,12H,3-6H2,1-2H3,(H,13,16). The van der Waals surface area contributed by atoms with Gasteiger partial charge in [-0.25, -0.2) is 0 Å². The van der Waals surface area contributed by atoms with E-state index < -0.39 is 0 Å². The van der Waals surface area contributed by atoms with Gasteiger partial charge in [0.2, 0.25) is 5.89 Å². The topological polar surface area (TPSA) is 80.0 Å². The van der Waals surface area contributed by atoms with Gasteiger partial charge in [0.05, 0.1) is 6.54 Å². The Bertz CT molecular complexity index is 387. The van der Waals surface area contributed by atoms with Gasteiger partial charge in [-0.05, 0) is 26.2 Å². The predicted octanol–water partition coefficient (Wildman–Crippen LogP) is 0.850. The quantitative estimate of drug-likeness (QED) is 0.768. The number of amides is 1. The van der Waals surface area contributed by atoms with E-state index in [-0.39, 0.29) is 11.7 Å². The number of aromatic nitrogens is 2. The average molecular weight is 238 g/mol. The van der Waals surface area contributed by atoms with Crippen LogP contribution < -0.4 is 10.6 Å². The molecule has 1 saturated carbocycles. The highest BCUT2D eigenvalue weighted by Gasteiger charge is 2.26. The molecule has 1 atom stereocenters. The van der Waals surface area contributed by atoms with Crippen LogP contribution in [0.1, 0.15) is 49.6 Å². The molecule has 1 aliphatic rings. The van der Waals surface area contributed by atoms with Crippen molar-refractivity contribution in [3.05, 3.63) is 11.7 Å². The maximum Gasteiger partial charge on any atom is 0.292 e. The van der Waals surface area contributed by atoms with E-state index in [2.05, 4.69) is 34.6 Å². The van der Waals surface area contributed by atoms with Crippen molar-refractivity contribution in [2.45, 2.75) is 51.7 Å². The van der Waals surface area contributed by atoms with E-state index in [0.717, 1.165) is 19.3 Å². The number of rotatable bonds is 6. The number of hydrogen-bond donors (Lipinski definition) is 2. The van der Waals surface area contributed by atoms with Gasteiger partial charge in [0, 0.05) is 12.1 Å². The number of carbonyl (C=O) groups is 1. The Morgan fingerprint density at radius 2 is 2.35 bits per heavy atom. The van der Waals surface area contributed by atoms with E-state index in [9.17, 15) is 4.79 Å². The molecular weight excluding hydrogens is 220 g/mol. The van der Waals surface area contributed by atoms with E-state index in [0.29, 0.717) is 24.5 Å². The van der Waals surface area contributed by atoms with Gasteiger partial charge < -0.3 is 15.2 Å². The van der Waals surface area contributed by atoms with Gasteiger partial charge in [0.1, 0.15) is 0 Å². The number of carbonyl (C=O) groups excluding carboxylic acids is 1. The minimum Gasteiger partial charge on any atom is -0.346 e. The van der Waals surface area contributed by atoms with E-state index in [1.807, 2.05) is 0 Å². The molecule has 1 aromatic heterocycles. The van der Waals surface area contributed by atoms with Crippen molar-refractivity contribution in [3.63, 3.8) is 0 Å². The van der Waals surface area contributed by atoms with E-state index in [1.54, 1.807) is 0 Å². The summed E-state index contributed by atoms with van der Waals surface area (Å²) in [5, 5.41) is 9.70. The zero-order chi connectivity index (χ0) is 12.3. The molecule has 94 valence electrons. The lowest BCUT2D eigenvalue weighted by Crippen LogP contribution is -2.27. The lowest BCUT2D eigenvalue weighted by atomic mass is 10.3. The second-order valence-electron chi connectivity index (χ2n) is 4.45. The predicted molar refractivity (Wildman–Crippen MR) is 61.4 cm³/mol. The largest absolute Gasteiger partial charge is 0.346 e. The molecule has 1 fully saturated rings. The first-order valence-electron chi connectivity index (χ1n) is 6.06. The van der Waals surface area contributed by atoms with Crippen molar-refractivity contribution < 1.29 is 9.32 Å². The van der Waals surface area contributed by atoms with Gasteiger partial charge in [-0.2, -0.15) is 4.98 Å². The molecule has 1 heterocycles. The van der Waals surface area contributed by atoms with Crippen LogP contribution in [0.15, 0.2) is 4.52 Å². The third-order valence-electron chi connectivity index (χ3n) is 2.80.